The van der Waals surface area contributed by atoms with Crippen molar-refractivity contribution in [3.05, 3.63) is 27.2 Å². The molecule has 2 aromatic heterocycles. The van der Waals surface area contributed by atoms with Gasteiger partial charge in [0.05, 0.1) is 0 Å². The van der Waals surface area contributed by atoms with E-state index < -0.39 is 17.8 Å². The lowest BCUT2D eigenvalue weighted by atomic mass is 10.5. The largest absolute Gasteiger partial charge is 0.332 e. The summed E-state index contributed by atoms with van der Waals surface area (Å²) < 4.78 is 27.4. The zero-order valence-corrected chi connectivity index (χ0v) is 8.52. The first kappa shape index (κ1) is 10.5. The van der Waals surface area contributed by atoms with Gasteiger partial charge in [0.2, 0.25) is 0 Å². The van der Waals surface area contributed by atoms with Crippen LogP contribution in [0, 0.1) is 0 Å². The van der Waals surface area contributed by atoms with Crippen molar-refractivity contribution in [2.24, 2.45) is 14.1 Å². The average Bonchev–Trinajstić information content (AvgIpc) is 2.67. The van der Waals surface area contributed by atoms with E-state index in [2.05, 4.69) is 4.98 Å². The van der Waals surface area contributed by atoms with E-state index in [9.17, 15) is 18.4 Å². The molecule has 0 fully saturated rings. The van der Waals surface area contributed by atoms with Crippen molar-refractivity contribution in [2.45, 2.75) is 6.55 Å². The monoisotopic (exact) mass is 230 g/mol. The van der Waals surface area contributed by atoms with Gasteiger partial charge < -0.3 is 0 Å². The van der Waals surface area contributed by atoms with Crippen LogP contribution in [-0.4, -0.2) is 18.7 Å². The lowest BCUT2D eigenvalue weighted by molar-refractivity contribution is 0.0734. The summed E-state index contributed by atoms with van der Waals surface area (Å²) >= 11 is 0. The Hall–Kier alpha value is -1.99. The molecule has 0 bridgehead atoms. The number of fused-ring (bicyclic) bond motifs is 1. The molecule has 0 unspecified atom stereocenters. The Balaban J connectivity index is 3.07. The van der Waals surface area contributed by atoms with Gasteiger partial charge in [0.1, 0.15) is 6.33 Å². The Morgan fingerprint density at radius 2 is 1.88 bits per heavy atom. The van der Waals surface area contributed by atoms with Crippen LogP contribution < -0.4 is 11.2 Å². The zero-order chi connectivity index (χ0) is 12.0. The van der Waals surface area contributed by atoms with Crippen LogP contribution in [0.15, 0.2) is 15.9 Å². The highest BCUT2D eigenvalue weighted by molar-refractivity contribution is 5.69. The maximum Gasteiger partial charge on any atom is 0.332 e. The molecule has 0 saturated heterocycles. The van der Waals surface area contributed by atoms with Crippen LogP contribution in [0.3, 0.4) is 0 Å². The number of imidazole rings is 1. The number of hydrogen-bond acceptors (Lipinski definition) is 3. The molecule has 0 amide bonds. The molecular formula is C8H8F2N4O2. The summed E-state index contributed by atoms with van der Waals surface area (Å²) in [5.74, 6) is 0. The quantitative estimate of drug-likeness (QED) is 0.683. The van der Waals surface area contributed by atoms with E-state index in [1.165, 1.54) is 14.1 Å². The molecule has 0 aliphatic heterocycles. The molecule has 0 saturated carbocycles. The van der Waals surface area contributed by atoms with Crippen LogP contribution in [-0.2, 0) is 14.1 Å². The fraction of sp³-hybridized carbons (Fsp3) is 0.375. The Bertz CT molecular complexity index is 667. The van der Waals surface area contributed by atoms with Crippen LogP contribution >= 0.6 is 0 Å². The van der Waals surface area contributed by atoms with E-state index in [0.29, 0.717) is 4.57 Å². The number of nitrogens with zero attached hydrogens (tertiary/aromatic N) is 4. The van der Waals surface area contributed by atoms with Crippen LogP contribution in [0.4, 0.5) is 8.78 Å². The number of aromatic nitrogens is 4. The summed E-state index contributed by atoms with van der Waals surface area (Å²) in [5.41, 5.74) is -1.68. The number of alkyl halides is 2. The van der Waals surface area contributed by atoms with E-state index in [-0.39, 0.29) is 11.2 Å². The summed E-state index contributed by atoms with van der Waals surface area (Å²) in [6, 6.07) is 0. The van der Waals surface area contributed by atoms with Gasteiger partial charge in [-0.3, -0.25) is 18.5 Å². The fourth-order valence-electron chi connectivity index (χ4n) is 1.54. The lowest BCUT2D eigenvalue weighted by Gasteiger charge is -2.06. The normalized spacial score (nSPS) is 11.6. The number of rotatable bonds is 1. The van der Waals surface area contributed by atoms with Crippen molar-refractivity contribution in [3.63, 3.8) is 0 Å². The molecule has 0 aliphatic rings. The lowest BCUT2D eigenvalue weighted by Crippen LogP contribution is -2.37. The summed E-state index contributed by atoms with van der Waals surface area (Å²) in [6.07, 6.45) is 0.843. The van der Waals surface area contributed by atoms with Gasteiger partial charge in [-0.15, -0.1) is 0 Å². The van der Waals surface area contributed by atoms with Crippen molar-refractivity contribution >= 4 is 11.2 Å². The topological polar surface area (TPSA) is 61.8 Å². The zero-order valence-electron chi connectivity index (χ0n) is 8.52. The molecule has 86 valence electrons. The molecule has 2 aromatic rings. The maximum absolute atomic E-state index is 12.6. The van der Waals surface area contributed by atoms with Crippen molar-refractivity contribution < 1.29 is 8.78 Å². The second-order valence-electron chi connectivity index (χ2n) is 3.31. The van der Waals surface area contributed by atoms with E-state index in [1.807, 2.05) is 0 Å². The Kier molecular flexibility index (Phi) is 2.14. The summed E-state index contributed by atoms with van der Waals surface area (Å²) in [4.78, 5) is 26.7. The highest BCUT2D eigenvalue weighted by Gasteiger charge is 2.17. The SMILES string of the molecule is Cn1c(=O)c2ncn(C(F)F)c2n(C)c1=O. The fourth-order valence-corrected chi connectivity index (χ4v) is 1.54. The van der Waals surface area contributed by atoms with Gasteiger partial charge in [-0.25, -0.2) is 9.78 Å². The molecule has 16 heavy (non-hydrogen) atoms. The number of halogens is 2. The third-order valence-electron chi connectivity index (χ3n) is 2.38. The molecule has 8 heteroatoms. The van der Waals surface area contributed by atoms with E-state index in [0.717, 1.165) is 15.5 Å². The Morgan fingerprint density at radius 3 is 2.44 bits per heavy atom. The molecule has 2 rings (SSSR count). The minimum absolute atomic E-state index is 0.148. The molecule has 0 atom stereocenters. The van der Waals surface area contributed by atoms with E-state index >= 15 is 0 Å². The van der Waals surface area contributed by atoms with Crippen LogP contribution in [0.5, 0.6) is 0 Å². The predicted molar refractivity (Wildman–Crippen MR) is 51.5 cm³/mol. The Morgan fingerprint density at radius 1 is 1.25 bits per heavy atom. The molecule has 6 nitrogen and oxygen atoms in total. The first-order valence-corrected chi connectivity index (χ1v) is 4.36. The van der Waals surface area contributed by atoms with E-state index in [4.69, 9.17) is 0 Å². The summed E-state index contributed by atoms with van der Waals surface area (Å²) in [5, 5.41) is 0. The smallest absolute Gasteiger partial charge is 0.280 e. The first-order valence-electron chi connectivity index (χ1n) is 4.36. The number of hydrogen-bond donors (Lipinski definition) is 0. The molecule has 0 aromatic carbocycles. The van der Waals surface area contributed by atoms with E-state index in [1.54, 1.807) is 0 Å². The minimum atomic E-state index is -2.84. The maximum atomic E-state index is 12.6. The van der Waals surface area contributed by atoms with Crippen molar-refractivity contribution in [3.8, 4) is 0 Å². The minimum Gasteiger partial charge on any atom is -0.280 e. The third-order valence-corrected chi connectivity index (χ3v) is 2.38. The molecular weight excluding hydrogens is 222 g/mol. The van der Waals surface area contributed by atoms with Gasteiger partial charge in [-0.1, -0.05) is 0 Å². The van der Waals surface area contributed by atoms with Crippen LogP contribution in [0.1, 0.15) is 6.55 Å². The van der Waals surface area contributed by atoms with Crippen LogP contribution in [0.25, 0.3) is 11.2 Å². The van der Waals surface area contributed by atoms with Crippen LogP contribution in [0.2, 0.25) is 0 Å². The molecule has 2 heterocycles. The standard InChI is InChI=1S/C8H8F2N4O2/c1-12-5-4(6(15)13(2)8(12)16)11-3-14(5)7(9)10/h3,7H,1-2H3. The Labute approximate surface area is 87.4 Å². The van der Waals surface area contributed by atoms with Crippen molar-refractivity contribution in [1.82, 2.24) is 18.7 Å². The molecule has 0 radical (unpaired) electrons. The van der Waals surface area contributed by atoms with Gasteiger partial charge >= 0.3 is 12.2 Å². The first-order chi connectivity index (χ1) is 7.45. The number of aryl methyl sites for hydroxylation is 1. The predicted octanol–water partition coefficient (Wildman–Crippen LogP) is -0.171. The highest BCUT2D eigenvalue weighted by Crippen LogP contribution is 2.15. The molecule has 0 spiro atoms. The second-order valence-corrected chi connectivity index (χ2v) is 3.31. The summed E-state index contributed by atoms with van der Waals surface area (Å²) in [7, 11) is 2.58. The highest BCUT2D eigenvalue weighted by atomic mass is 19.3. The van der Waals surface area contributed by atoms with Gasteiger partial charge in [0, 0.05) is 14.1 Å². The average molecular weight is 230 g/mol. The van der Waals surface area contributed by atoms with Crippen molar-refractivity contribution in [2.75, 3.05) is 0 Å². The van der Waals surface area contributed by atoms with Gasteiger partial charge in [0.25, 0.3) is 5.56 Å². The molecule has 0 N–H and O–H groups in total. The van der Waals surface area contributed by atoms with Gasteiger partial charge in [0.15, 0.2) is 11.2 Å². The molecule has 0 aliphatic carbocycles. The van der Waals surface area contributed by atoms with Gasteiger partial charge in [-0.2, -0.15) is 8.78 Å². The van der Waals surface area contributed by atoms with Crippen molar-refractivity contribution in [1.29, 1.82) is 0 Å². The third kappa shape index (κ3) is 1.19. The summed E-state index contributed by atoms with van der Waals surface area (Å²) in [6.45, 7) is -2.84. The second kappa shape index (κ2) is 3.26. The van der Waals surface area contributed by atoms with Gasteiger partial charge in [-0.05, 0) is 0 Å².